The summed E-state index contributed by atoms with van der Waals surface area (Å²) in [5.41, 5.74) is 3.61. The molecule has 0 amide bonds. The van der Waals surface area contributed by atoms with E-state index in [9.17, 15) is 4.79 Å². The van der Waals surface area contributed by atoms with Crippen LogP contribution in [0.2, 0.25) is 0 Å². The number of hydrogen-bond donors (Lipinski definition) is 0. The van der Waals surface area contributed by atoms with Crippen LogP contribution < -0.4 is 4.74 Å². The van der Waals surface area contributed by atoms with Gasteiger partial charge in [-0.15, -0.1) is 0 Å². The molecule has 2 aromatic carbocycles. The van der Waals surface area contributed by atoms with Gasteiger partial charge in [-0.3, -0.25) is 4.79 Å². The number of carbonyl (C=O) groups is 1. The summed E-state index contributed by atoms with van der Waals surface area (Å²) >= 11 is 0. The molecule has 0 spiro atoms. The number of likely N-dealkylation sites (tertiary alicyclic amines) is 1. The quantitative estimate of drug-likeness (QED) is 0.612. The maximum Gasteiger partial charge on any atom is 0.166 e. The minimum Gasteiger partial charge on any atom is -0.493 e. The summed E-state index contributed by atoms with van der Waals surface area (Å²) in [5.74, 6) is 2.92. The molecule has 1 unspecified atom stereocenters. The lowest BCUT2D eigenvalue weighted by molar-refractivity contribution is 0.0877. The third-order valence-electron chi connectivity index (χ3n) is 7.31. The number of fused-ring (bicyclic) bond motifs is 1. The SMILES string of the molecule is O=C1c2ccc(OCC3CC3)cc2CCC1CCN1CCC(c2ccccc2)CC1. The van der Waals surface area contributed by atoms with E-state index in [2.05, 4.69) is 41.3 Å². The molecular weight excluding hydrogens is 370 g/mol. The third kappa shape index (κ3) is 4.62. The van der Waals surface area contributed by atoms with Gasteiger partial charge in [-0.25, -0.2) is 0 Å². The van der Waals surface area contributed by atoms with E-state index < -0.39 is 0 Å². The lowest BCUT2D eigenvalue weighted by atomic mass is 9.80. The van der Waals surface area contributed by atoms with Gasteiger partial charge in [-0.1, -0.05) is 30.3 Å². The van der Waals surface area contributed by atoms with E-state index in [1.807, 2.05) is 12.1 Å². The van der Waals surface area contributed by atoms with Gasteiger partial charge in [-0.2, -0.15) is 0 Å². The molecule has 1 aliphatic heterocycles. The Morgan fingerprint density at radius 1 is 0.933 bits per heavy atom. The van der Waals surface area contributed by atoms with E-state index in [1.54, 1.807) is 0 Å². The van der Waals surface area contributed by atoms with Crippen molar-refractivity contribution >= 4 is 5.78 Å². The molecule has 0 N–H and O–H groups in total. The highest BCUT2D eigenvalue weighted by Gasteiger charge is 2.29. The molecule has 2 fully saturated rings. The van der Waals surface area contributed by atoms with Gasteiger partial charge in [0, 0.05) is 11.5 Å². The van der Waals surface area contributed by atoms with Crippen LogP contribution >= 0.6 is 0 Å². The number of ketones is 1. The summed E-state index contributed by atoms with van der Waals surface area (Å²) in [6.45, 7) is 4.18. The van der Waals surface area contributed by atoms with Crippen molar-refractivity contribution in [3.05, 3.63) is 65.2 Å². The number of hydrogen-bond acceptors (Lipinski definition) is 3. The number of nitrogens with zero attached hydrogens (tertiary/aromatic N) is 1. The average molecular weight is 404 g/mol. The molecule has 1 saturated heterocycles. The molecule has 2 aromatic rings. The van der Waals surface area contributed by atoms with E-state index in [0.29, 0.717) is 11.7 Å². The molecule has 3 nitrogen and oxygen atoms in total. The molecule has 0 radical (unpaired) electrons. The Bertz CT molecular complexity index is 866. The van der Waals surface area contributed by atoms with Crippen LogP contribution in [0.3, 0.4) is 0 Å². The second-order valence-corrected chi connectivity index (χ2v) is 9.49. The molecule has 1 heterocycles. The summed E-state index contributed by atoms with van der Waals surface area (Å²) in [7, 11) is 0. The molecule has 3 aliphatic rings. The predicted octanol–water partition coefficient (Wildman–Crippen LogP) is 5.49. The van der Waals surface area contributed by atoms with Gasteiger partial charge in [0.05, 0.1) is 6.61 Å². The van der Waals surface area contributed by atoms with Crippen LogP contribution in [-0.2, 0) is 6.42 Å². The Hall–Kier alpha value is -2.13. The number of carbonyl (C=O) groups excluding carboxylic acids is 1. The molecule has 0 bridgehead atoms. The Morgan fingerprint density at radius 3 is 2.50 bits per heavy atom. The molecule has 1 atom stereocenters. The Labute approximate surface area is 180 Å². The Balaban J connectivity index is 1.11. The van der Waals surface area contributed by atoms with Crippen LogP contribution in [0.4, 0.5) is 0 Å². The van der Waals surface area contributed by atoms with E-state index in [4.69, 9.17) is 4.74 Å². The number of rotatable bonds is 7. The predicted molar refractivity (Wildman–Crippen MR) is 120 cm³/mol. The van der Waals surface area contributed by atoms with Gasteiger partial charge >= 0.3 is 0 Å². The normalized spacial score (nSPS) is 22.7. The van der Waals surface area contributed by atoms with Crippen LogP contribution in [0.1, 0.15) is 65.9 Å². The monoisotopic (exact) mass is 403 g/mol. The lowest BCUT2D eigenvalue weighted by Gasteiger charge is -2.33. The smallest absolute Gasteiger partial charge is 0.166 e. The first-order valence-corrected chi connectivity index (χ1v) is 11.8. The number of ether oxygens (including phenoxy) is 1. The highest BCUT2D eigenvalue weighted by atomic mass is 16.5. The second-order valence-electron chi connectivity index (χ2n) is 9.49. The van der Waals surface area contributed by atoms with E-state index in [-0.39, 0.29) is 5.92 Å². The van der Waals surface area contributed by atoms with Crippen molar-refractivity contribution in [3.63, 3.8) is 0 Å². The zero-order valence-electron chi connectivity index (χ0n) is 17.9. The van der Waals surface area contributed by atoms with Crippen molar-refractivity contribution in [1.82, 2.24) is 4.90 Å². The van der Waals surface area contributed by atoms with Crippen molar-refractivity contribution in [3.8, 4) is 5.75 Å². The maximum atomic E-state index is 13.1. The number of benzene rings is 2. The van der Waals surface area contributed by atoms with Crippen molar-refractivity contribution < 1.29 is 9.53 Å². The fourth-order valence-corrected chi connectivity index (χ4v) is 5.12. The summed E-state index contributed by atoms with van der Waals surface area (Å²) in [5, 5.41) is 0. The Morgan fingerprint density at radius 2 is 1.73 bits per heavy atom. The van der Waals surface area contributed by atoms with Crippen molar-refractivity contribution in [2.24, 2.45) is 11.8 Å². The number of piperidine rings is 1. The second kappa shape index (κ2) is 8.93. The lowest BCUT2D eigenvalue weighted by Crippen LogP contribution is -2.35. The van der Waals surface area contributed by atoms with Gasteiger partial charge in [0.1, 0.15) is 5.75 Å². The molecule has 30 heavy (non-hydrogen) atoms. The van der Waals surface area contributed by atoms with Gasteiger partial charge in [0.2, 0.25) is 0 Å². The van der Waals surface area contributed by atoms with Gasteiger partial charge in [0.25, 0.3) is 0 Å². The molecule has 3 heteroatoms. The number of Topliss-reactive ketones (excluding diaryl/α,β-unsaturated/α-hetero) is 1. The van der Waals surface area contributed by atoms with E-state index >= 15 is 0 Å². The topological polar surface area (TPSA) is 29.5 Å². The zero-order chi connectivity index (χ0) is 20.3. The average Bonchev–Trinajstić information content (AvgIpc) is 3.63. The maximum absolute atomic E-state index is 13.1. The summed E-state index contributed by atoms with van der Waals surface area (Å²) in [6.07, 6.45) is 8.04. The summed E-state index contributed by atoms with van der Waals surface area (Å²) in [6, 6.07) is 17.0. The van der Waals surface area contributed by atoms with Crippen LogP contribution in [0.25, 0.3) is 0 Å². The van der Waals surface area contributed by atoms with Crippen molar-refractivity contribution in [1.29, 1.82) is 0 Å². The highest BCUT2D eigenvalue weighted by molar-refractivity contribution is 6.00. The largest absolute Gasteiger partial charge is 0.493 e. The van der Waals surface area contributed by atoms with Crippen LogP contribution in [-0.4, -0.2) is 36.9 Å². The summed E-state index contributed by atoms with van der Waals surface area (Å²) in [4.78, 5) is 15.6. The first kappa shape index (κ1) is 19.8. The van der Waals surface area contributed by atoms with E-state index in [1.165, 1.54) is 36.8 Å². The first-order chi connectivity index (χ1) is 14.8. The molecular formula is C27H33NO2. The highest BCUT2D eigenvalue weighted by Crippen LogP contribution is 2.33. The summed E-state index contributed by atoms with van der Waals surface area (Å²) < 4.78 is 5.91. The number of aryl methyl sites for hydroxylation is 1. The first-order valence-electron chi connectivity index (χ1n) is 11.8. The van der Waals surface area contributed by atoms with Gasteiger partial charge in [-0.05, 0) is 106 Å². The Kier molecular flexibility index (Phi) is 5.90. The minimum absolute atomic E-state index is 0.183. The van der Waals surface area contributed by atoms with Gasteiger partial charge in [0.15, 0.2) is 5.78 Å². The zero-order valence-corrected chi connectivity index (χ0v) is 17.9. The van der Waals surface area contributed by atoms with Crippen LogP contribution in [0.15, 0.2) is 48.5 Å². The molecule has 0 aromatic heterocycles. The van der Waals surface area contributed by atoms with E-state index in [0.717, 1.165) is 62.7 Å². The van der Waals surface area contributed by atoms with Gasteiger partial charge < -0.3 is 9.64 Å². The third-order valence-corrected chi connectivity index (χ3v) is 7.31. The van der Waals surface area contributed by atoms with Crippen molar-refractivity contribution in [2.45, 2.75) is 50.9 Å². The fourth-order valence-electron chi connectivity index (χ4n) is 5.12. The van der Waals surface area contributed by atoms with Crippen LogP contribution in [0, 0.1) is 11.8 Å². The minimum atomic E-state index is 0.183. The molecule has 5 rings (SSSR count). The van der Waals surface area contributed by atoms with Crippen molar-refractivity contribution in [2.75, 3.05) is 26.2 Å². The van der Waals surface area contributed by atoms with Crippen LogP contribution in [0.5, 0.6) is 5.75 Å². The molecule has 2 aliphatic carbocycles. The molecule has 1 saturated carbocycles. The standard InChI is InChI=1S/C27H33NO2/c29-27-23(8-9-24-18-25(10-11-26(24)27)30-19-20-6-7-20)14-17-28-15-12-22(13-16-28)21-4-2-1-3-5-21/h1-5,10-11,18,20,22-23H,6-9,12-17,19H2. The fraction of sp³-hybridized carbons (Fsp3) is 0.519. The molecule has 158 valence electrons.